The standard InChI is InChI=1S/C80H56N2/c1-53-19-17-25-63(51-53)82(64-26-18-20-54(2)52-64)76-50-38-56-35-47-69-75(49-37-55-36-48-70(76)78(56)77(55)69)81(61-43-39-59(40-44-61)79(57-21-5-3-6-22-57)71-31-13-9-27-65(71)66-28-10-14-32-72(66)79)62-45-41-60(42-46-62)80(58-23-7-4-8-24-58)73-33-15-11-29-67(73)68-30-12-16-34-74(68)80/h3-52H,1-2H3. The molecule has 0 radical (unpaired) electrons. The predicted octanol–water partition coefficient (Wildman–Crippen LogP) is 20.9. The number of rotatable bonds is 10. The molecule has 0 atom stereocenters. The molecule has 0 unspecified atom stereocenters. The van der Waals surface area contributed by atoms with E-state index in [4.69, 9.17) is 0 Å². The summed E-state index contributed by atoms with van der Waals surface area (Å²) in [6, 6.07) is 114. The third kappa shape index (κ3) is 6.95. The van der Waals surface area contributed by atoms with Gasteiger partial charge in [0.2, 0.25) is 0 Å². The summed E-state index contributed by atoms with van der Waals surface area (Å²) in [5.41, 5.74) is 23.4. The smallest absolute Gasteiger partial charge is 0.0713 e. The van der Waals surface area contributed by atoms with Gasteiger partial charge in [-0.25, -0.2) is 0 Å². The minimum atomic E-state index is -0.519. The Balaban J connectivity index is 0.923. The number of fused-ring (bicyclic) bond motifs is 6. The van der Waals surface area contributed by atoms with Gasteiger partial charge >= 0.3 is 0 Å². The molecule has 386 valence electrons. The van der Waals surface area contributed by atoms with E-state index >= 15 is 0 Å². The Morgan fingerprint density at radius 1 is 0.244 bits per heavy atom. The van der Waals surface area contributed by atoms with Crippen LogP contribution in [0.5, 0.6) is 0 Å². The number of anilines is 6. The highest BCUT2D eigenvalue weighted by molar-refractivity contribution is 6.28. The Bertz CT molecular complexity index is 4450. The maximum absolute atomic E-state index is 2.50. The summed E-state index contributed by atoms with van der Waals surface area (Å²) in [5.74, 6) is 0. The minimum Gasteiger partial charge on any atom is -0.310 e. The molecule has 0 fully saturated rings. The first-order valence-electron chi connectivity index (χ1n) is 28.7. The molecule has 2 aliphatic rings. The third-order valence-electron chi connectivity index (χ3n) is 18.1. The van der Waals surface area contributed by atoms with Crippen molar-refractivity contribution in [3.8, 4) is 22.3 Å². The second-order valence-electron chi connectivity index (χ2n) is 22.4. The quantitative estimate of drug-likeness (QED) is 0.126. The van der Waals surface area contributed by atoms with Crippen molar-refractivity contribution >= 4 is 66.4 Å². The molecule has 14 aromatic carbocycles. The Morgan fingerprint density at radius 3 is 0.927 bits per heavy atom. The number of hydrogen-bond donors (Lipinski definition) is 0. The first kappa shape index (κ1) is 47.7. The Morgan fingerprint density at radius 2 is 0.561 bits per heavy atom. The van der Waals surface area contributed by atoms with Crippen LogP contribution in [0.2, 0.25) is 0 Å². The molecule has 2 nitrogen and oxygen atoms in total. The SMILES string of the molecule is Cc1cccc(N(c2cccc(C)c2)c2ccc3ccc4c(N(c5ccc(C6(c7ccccc7)c7ccccc7-c7ccccc76)cc5)c5ccc(C6(c7ccccc7)c7ccccc7-c7ccccc76)cc5)ccc5ccc2c3c54)c1. The van der Waals surface area contributed by atoms with Crippen LogP contribution in [0.3, 0.4) is 0 Å². The lowest BCUT2D eigenvalue weighted by Gasteiger charge is -2.35. The van der Waals surface area contributed by atoms with Crippen molar-refractivity contribution < 1.29 is 0 Å². The van der Waals surface area contributed by atoms with E-state index in [0.717, 1.165) is 34.1 Å². The molecule has 0 amide bonds. The van der Waals surface area contributed by atoms with Crippen molar-refractivity contribution in [2.75, 3.05) is 9.80 Å². The summed E-state index contributed by atoms with van der Waals surface area (Å²) < 4.78 is 0. The van der Waals surface area contributed by atoms with Crippen LogP contribution < -0.4 is 9.80 Å². The molecule has 0 saturated carbocycles. The van der Waals surface area contributed by atoms with Gasteiger partial charge in [-0.1, -0.05) is 243 Å². The van der Waals surface area contributed by atoms with E-state index in [2.05, 4.69) is 327 Å². The van der Waals surface area contributed by atoms with E-state index in [1.807, 2.05) is 0 Å². The van der Waals surface area contributed by atoms with Gasteiger partial charge in [0.25, 0.3) is 0 Å². The van der Waals surface area contributed by atoms with Crippen molar-refractivity contribution in [3.05, 3.63) is 359 Å². The average Bonchev–Trinajstić information content (AvgIpc) is 4.21. The number of nitrogens with zero attached hydrogens (tertiary/aromatic N) is 2. The van der Waals surface area contributed by atoms with E-state index in [1.54, 1.807) is 0 Å². The van der Waals surface area contributed by atoms with Crippen LogP contribution in [0.15, 0.2) is 303 Å². The van der Waals surface area contributed by atoms with E-state index in [-0.39, 0.29) is 0 Å². The van der Waals surface area contributed by atoms with Gasteiger partial charge in [-0.2, -0.15) is 0 Å². The normalized spacial score (nSPS) is 13.4. The molecule has 0 spiro atoms. The summed E-state index contributed by atoms with van der Waals surface area (Å²) >= 11 is 0. The maximum Gasteiger partial charge on any atom is 0.0713 e. The summed E-state index contributed by atoms with van der Waals surface area (Å²) in [6.07, 6.45) is 0. The number of hydrogen-bond acceptors (Lipinski definition) is 2. The highest BCUT2D eigenvalue weighted by Gasteiger charge is 2.47. The van der Waals surface area contributed by atoms with Crippen LogP contribution in [0, 0.1) is 13.8 Å². The molecule has 2 heteroatoms. The number of aryl methyl sites for hydroxylation is 2. The summed E-state index contributed by atoms with van der Waals surface area (Å²) in [4.78, 5) is 4.94. The summed E-state index contributed by atoms with van der Waals surface area (Å²) in [5, 5.41) is 7.35. The van der Waals surface area contributed by atoms with Gasteiger partial charge in [-0.3, -0.25) is 0 Å². The second-order valence-corrected chi connectivity index (χ2v) is 22.4. The van der Waals surface area contributed by atoms with Crippen LogP contribution in [-0.4, -0.2) is 0 Å². The molecule has 0 aromatic heterocycles. The zero-order valence-corrected chi connectivity index (χ0v) is 45.8. The largest absolute Gasteiger partial charge is 0.310 e. The van der Waals surface area contributed by atoms with Crippen LogP contribution in [0.4, 0.5) is 34.1 Å². The average molecular weight is 1050 g/mol. The lowest BCUT2D eigenvalue weighted by Crippen LogP contribution is -2.28. The van der Waals surface area contributed by atoms with Crippen LogP contribution in [-0.2, 0) is 10.8 Å². The van der Waals surface area contributed by atoms with Gasteiger partial charge in [0.05, 0.1) is 22.2 Å². The Kier molecular flexibility index (Phi) is 10.9. The zero-order valence-electron chi connectivity index (χ0n) is 45.8. The van der Waals surface area contributed by atoms with Gasteiger partial charge in [0, 0.05) is 33.5 Å². The highest BCUT2D eigenvalue weighted by Crippen LogP contribution is 2.59. The van der Waals surface area contributed by atoms with Gasteiger partial charge in [0.15, 0.2) is 0 Å². The maximum atomic E-state index is 2.50. The fraction of sp³-hybridized carbons (Fsp3) is 0.0500. The van der Waals surface area contributed by atoms with E-state index in [9.17, 15) is 0 Å². The molecule has 82 heavy (non-hydrogen) atoms. The van der Waals surface area contributed by atoms with Crippen LogP contribution >= 0.6 is 0 Å². The first-order valence-corrected chi connectivity index (χ1v) is 28.7. The minimum absolute atomic E-state index is 0.519. The van der Waals surface area contributed by atoms with E-state index in [1.165, 1.54) is 110 Å². The van der Waals surface area contributed by atoms with Crippen molar-refractivity contribution in [1.29, 1.82) is 0 Å². The molecule has 14 aromatic rings. The molecule has 0 bridgehead atoms. The third-order valence-corrected chi connectivity index (χ3v) is 18.1. The highest BCUT2D eigenvalue weighted by atomic mass is 15.1. The topological polar surface area (TPSA) is 6.48 Å². The van der Waals surface area contributed by atoms with Gasteiger partial charge in [0.1, 0.15) is 0 Å². The van der Waals surface area contributed by atoms with Crippen LogP contribution in [0.1, 0.15) is 55.6 Å². The molecule has 2 aliphatic carbocycles. The Hall–Kier alpha value is -10.3. The lowest BCUT2D eigenvalue weighted by atomic mass is 9.67. The fourth-order valence-electron chi connectivity index (χ4n) is 14.7. The van der Waals surface area contributed by atoms with Gasteiger partial charge < -0.3 is 9.80 Å². The molecule has 0 aliphatic heterocycles. The van der Waals surface area contributed by atoms with Crippen molar-refractivity contribution in [1.82, 2.24) is 0 Å². The molecule has 0 heterocycles. The fourth-order valence-corrected chi connectivity index (χ4v) is 14.7. The Labute approximate surface area is 479 Å². The predicted molar refractivity (Wildman–Crippen MR) is 344 cm³/mol. The summed E-state index contributed by atoms with van der Waals surface area (Å²) in [6.45, 7) is 4.36. The number of benzene rings is 14. The van der Waals surface area contributed by atoms with Crippen molar-refractivity contribution in [3.63, 3.8) is 0 Å². The van der Waals surface area contributed by atoms with Crippen molar-refractivity contribution in [2.24, 2.45) is 0 Å². The lowest BCUT2D eigenvalue weighted by molar-refractivity contribution is 0.768. The molecule has 0 saturated heterocycles. The molecule has 0 N–H and O–H groups in total. The van der Waals surface area contributed by atoms with Crippen molar-refractivity contribution in [2.45, 2.75) is 24.7 Å². The summed E-state index contributed by atoms with van der Waals surface area (Å²) in [7, 11) is 0. The second kappa shape index (κ2) is 18.7. The first-order chi connectivity index (χ1) is 40.5. The molecular formula is C80H56N2. The van der Waals surface area contributed by atoms with Gasteiger partial charge in [-0.15, -0.1) is 0 Å². The van der Waals surface area contributed by atoms with E-state index in [0.29, 0.717) is 0 Å². The van der Waals surface area contributed by atoms with Gasteiger partial charge in [-0.05, 0) is 174 Å². The zero-order chi connectivity index (χ0) is 54.5. The molecular weight excluding hydrogens is 989 g/mol. The monoisotopic (exact) mass is 1040 g/mol. The molecule has 16 rings (SSSR count). The van der Waals surface area contributed by atoms with E-state index < -0.39 is 10.8 Å². The van der Waals surface area contributed by atoms with Crippen LogP contribution in [0.25, 0.3) is 54.6 Å².